The molecule has 0 atom stereocenters. The third kappa shape index (κ3) is 1.33. The summed E-state index contributed by atoms with van der Waals surface area (Å²) in [6, 6.07) is -1.66. The summed E-state index contributed by atoms with van der Waals surface area (Å²) in [4.78, 5) is 78.0. The first-order valence-corrected chi connectivity index (χ1v) is 7.26. The van der Waals surface area contributed by atoms with E-state index in [9.17, 15) is 28.8 Å². The Labute approximate surface area is 136 Å². The molecule has 1 aliphatic carbocycles. The number of imide groups is 4. The molecule has 0 unspecified atom stereocenters. The Bertz CT molecular complexity index is 634. The van der Waals surface area contributed by atoms with Crippen LogP contribution >= 0.6 is 0 Å². The lowest BCUT2D eigenvalue weighted by Gasteiger charge is -2.59. The standard InChI is InChI=1S/C14H16N4O6/c1-15-7(19)13(8(20)16(2)11(15)23)5-6-14(13)9(21)17(3)12(24)18(4)10(14)22/h5-6H2,1-4H3. The van der Waals surface area contributed by atoms with Crippen molar-refractivity contribution in [2.45, 2.75) is 12.8 Å². The third-order valence-corrected chi connectivity index (χ3v) is 5.43. The predicted octanol–water partition coefficient (Wildman–Crippen LogP) is -1.15. The minimum atomic E-state index is -1.98. The first-order valence-electron chi connectivity index (χ1n) is 7.26. The van der Waals surface area contributed by atoms with Gasteiger partial charge in [0.05, 0.1) is 0 Å². The van der Waals surface area contributed by atoms with E-state index in [1.54, 1.807) is 0 Å². The molecule has 8 amide bonds. The van der Waals surface area contributed by atoms with Crippen LogP contribution < -0.4 is 0 Å². The molecule has 10 heteroatoms. The molecule has 0 aromatic heterocycles. The summed E-state index contributed by atoms with van der Waals surface area (Å²) in [5.41, 5.74) is -3.97. The maximum absolute atomic E-state index is 12.8. The van der Waals surface area contributed by atoms with Crippen molar-refractivity contribution < 1.29 is 28.8 Å². The molecule has 2 spiro atoms. The minimum absolute atomic E-state index is 0.0417. The average molecular weight is 336 g/mol. The second-order valence-electron chi connectivity index (χ2n) is 6.33. The zero-order valence-electron chi connectivity index (χ0n) is 13.7. The lowest BCUT2D eigenvalue weighted by Crippen LogP contribution is -2.80. The van der Waals surface area contributed by atoms with Gasteiger partial charge in [-0.15, -0.1) is 0 Å². The van der Waals surface area contributed by atoms with Crippen molar-refractivity contribution in [3.63, 3.8) is 0 Å². The topological polar surface area (TPSA) is 115 Å². The quantitative estimate of drug-likeness (QED) is 0.516. The van der Waals surface area contributed by atoms with Crippen LogP contribution in [0.15, 0.2) is 0 Å². The molecule has 3 fully saturated rings. The molecule has 0 aromatic carbocycles. The number of fused-ring (bicyclic) bond motifs is 1. The molecule has 3 aliphatic rings. The van der Waals surface area contributed by atoms with Crippen LogP contribution in [0.4, 0.5) is 9.59 Å². The number of rotatable bonds is 0. The highest BCUT2D eigenvalue weighted by molar-refractivity contribution is 6.30. The summed E-state index contributed by atoms with van der Waals surface area (Å²) in [5.74, 6) is -3.56. The number of amides is 8. The zero-order chi connectivity index (χ0) is 18.2. The second kappa shape index (κ2) is 4.40. The molecule has 128 valence electrons. The average Bonchev–Trinajstić information content (AvgIpc) is 2.54. The Kier molecular flexibility index (Phi) is 2.95. The molecule has 3 rings (SSSR count). The van der Waals surface area contributed by atoms with Crippen LogP contribution in [0.1, 0.15) is 12.8 Å². The fourth-order valence-corrected chi connectivity index (χ4v) is 3.91. The summed E-state index contributed by atoms with van der Waals surface area (Å²) >= 11 is 0. The molecule has 2 aliphatic heterocycles. The van der Waals surface area contributed by atoms with E-state index in [0.717, 1.165) is 19.6 Å². The van der Waals surface area contributed by atoms with Crippen LogP contribution in [-0.2, 0) is 19.2 Å². The van der Waals surface area contributed by atoms with E-state index >= 15 is 0 Å². The molecule has 0 N–H and O–H groups in total. The molecule has 2 saturated heterocycles. The monoisotopic (exact) mass is 336 g/mol. The lowest BCUT2D eigenvalue weighted by molar-refractivity contribution is -0.201. The number of barbiturate groups is 2. The highest BCUT2D eigenvalue weighted by Crippen LogP contribution is 2.62. The van der Waals surface area contributed by atoms with E-state index in [0.29, 0.717) is 0 Å². The number of hydrogen-bond acceptors (Lipinski definition) is 6. The summed E-state index contributed by atoms with van der Waals surface area (Å²) in [5, 5.41) is 0. The number of carbonyl (C=O) groups excluding carboxylic acids is 6. The molecular formula is C14H16N4O6. The van der Waals surface area contributed by atoms with Gasteiger partial charge in [0.1, 0.15) is 0 Å². The molecule has 0 aromatic rings. The maximum atomic E-state index is 12.8. The van der Waals surface area contributed by atoms with Crippen molar-refractivity contribution >= 4 is 35.7 Å². The summed E-state index contributed by atoms with van der Waals surface area (Å²) < 4.78 is 0. The maximum Gasteiger partial charge on any atom is 0.332 e. The zero-order valence-corrected chi connectivity index (χ0v) is 13.7. The lowest BCUT2D eigenvalue weighted by atomic mass is 9.45. The van der Waals surface area contributed by atoms with E-state index in [4.69, 9.17) is 0 Å². The Balaban J connectivity index is 2.22. The Morgan fingerprint density at radius 3 is 0.917 bits per heavy atom. The van der Waals surface area contributed by atoms with Gasteiger partial charge in [-0.3, -0.25) is 38.8 Å². The Morgan fingerprint density at radius 1 is 0.542 bits per heavy atom. The van der Waals surface area contributed by atoms with Gasteiger partial charge >= 0.3 is 12.1 Å². The van der Waals surface area contributed by atoms with Gasteiger partial charge < -0.3 is 0 Å². The van der Waals surface area contributed by atoms with Gasteiger partial charge in [-0.05, 0) is 12.8 Å². The molecular weight excluding hydrogens is 320 g/mol. The largest absolute Gasteiger partial charge is 0.332 e. The van der Waals surface area contributed by atoms with Gasteiger partial charge in [-0.2, -0.15) is 0 Å². The number of hydrogen-bond donors (Lipinski definition) is 0. The van der Waals surface area contributed by atoms with E-state index in [-0.39, 0.29) is 12.8 Å². The van der Waals surface area contributed by atoms with Crippen LogP contribution in [0.5, 0.6) is 0 Å². The van der Waals surface area contributed by atoms with Crippen LogP contribution in [0, 0.1) is 10.8 Å². The molecule has 2 heterocycles. The third-order valence-electron chi connectivity index (χ3n) is 5.43. The highest BCUT2D eigenvalue weighted by Gasteiger charge is 2.80. The van der Waals surface area contributed by atoms with Crippen molar-refractivity contribution in [3.8, 4) is 0 Å². The van der Waals surface area contributed by atoms with Crippen molar-refractivity contribution in [2.75, 3.05) is 28.2 Å². The normalized spacial score (nSPS) is 26.0. The van der Waals surface area contributed by atoms with Crippen molar-refractivity contribution in [3.05, 3.63) is 0 Å². The summed E-state index contributed by atoms with van der Waals surface area (Å²) in [7, 11) is 4.77. The second-order valence-corrected chi connectivity index (χ2v) is 6.33. The van der Waals surface area contributed by atoms with E-state index in [1.165, 1.54) is 28.2 Å². The smallest absolute Gasteiger partial charge is 0.273 e. The first-order chi connectivity index (χ1) is 11.1. The Hall–Kier alpha value is -2.78. The van der Waals surface area contributed by atoms with Gasteiger partial charge in [0, 0.05) is 28.2 Å². The SMILES string of the molecule is CN1C(=O)N(C)C(=O)C2(CCC23C(=O)N(C)C(=O)N(C)C3=O)C1=O. The fraction of sp³-hybridized carbons (Fsp3) is 0.571. The van der Waals surface area contributed by atoms with Crippen LogP contribution in [-0.4, -0.2) is 83.5 Å². The fourth-order valence-electron chi connectivity index (χ4n) is 3.91. The molecule has 0 radical (unpaired) electrons. The van der Waals surface area contributed by atoms with Crippen molar-refractivity contribution in [2.24, 2.45) is 10.8 Å². The van der Waals surface area contributed by atoms with Gasteiger partial charge in [0.2, 0.25) is 23.6 Å². The first kappa shape index (κ1) is 16.1. The molecule has 10 nitrogen and oxygen atoms in total. The molecule has 0 bridgehead atoms. The van der Waals surface area contributed by atoms with Gasteiger partial charge in [-0.1, -0.05) is 0 Å². The summed E-state index contributed by atoms with van der Waals surface area (Å²) in [6.07, 6.45) is -0.0834. The highest BCUT2D eigenvalue weighted by atomic mass is 16.2. The van der Waals surface area contributed by atoms with E-state index < -0.39 is 46.5 Å². The van der Waals surface area contributed by atoms with E-state index in [2.05, 4.69) is 0 Å². The molecule has 1 saturated carbocycles. The van der Waals surface area contributed by atoms with Crippen molar-refractivity contribution in [1.82, 2.24) is 19.6 Å². The van der Waals surface area contributed by atoms with Crippen LogP contribution in [0.25, 0.3) is 0 Å². The van der Waals surface area contributed by atoms with Crippen LogP contribution in [0.3, 0.4) is 0 Å². The van der Waals surface area contributed by atoms with Gasteiger partial charge in [0.25, 0.3) is 0 Å². The van der Waals surface area contributed by atoms with Gasteiger partial charge in [-0.25, -0.2) is 9.59 Å². The number of urea groups is 2. The van der Waals surface area contributed by atoms with Gasteiger partial charge in [0.15, 0.2) is 10.8 Å². The van der Waals surface area contributed by atoms with Crippen molar-refractivity contribution in [1.29, 1.82) is 0 Å². The predicted molar refractivity (Wildman–Crippen MR) is 76.0 cm³/mol. The number of carbonyl (C=O) groups is 6. The number of nitrogens with zero attached hydrogens (tertiary/aromatic N) is 4. The van der Waals surface area contributed by atoms with E-state index in [1.807, 2.05) is 0 Å². The summed E-state index contributed by atoms with van der Waals surface area (Å²) in [6.45, 7) is 0. The Morgan fingerprint density at radius 2 is 0.750 bits per heavy atom. The van der Waals surface area contributed by atoms with Crippen LogP contribution in [0.2, 0.25) is 0 Å². The molecule has 24 heavy (non-hydrogen) atoms. The minimum Gasteiger partial charge on any atom is -0.273 e.